The number of nitrogens with one attached hydrogen (secondary N) is 1. The van der Waals surface area contributed by atoms with Crippen LogP contribution in [0.2, 0.25) is 0 Å². The fraction of sp³-hybridized carbons (Fsp3) is 0.739. The molecule has 8 heteroatoms. The molecule has 8 nitrogen and oxygen atoms in total. The van der Waals surface area contributed by atoms with Crippen molar-refractivity contribution < 1.29 is 4.79 Å². The van der Waals surface area contributed by atoms with E-state index < -0.39 is 11.2 Å². The maximum atomic E-state index is 12.8. The van der Waals surface area contributed by atoms with Crippen LogP contribution in [0.25, 0.3) is 11.2 Å². The highest BCUT2D eigenvalue weighted by Gasteiger charge is 2.20. The molecule has 0 saturated carbocycles. The third kappa shape index (κ3) is 6.31. The van der Waals surface area contributed by atoms with E-state index in [2.05, 4.69) is 32.7 Å². The first-order valence-electron chi connectivity index (χ1n) is 12.0. The normalized spacial score (nSPS) is 11.4. The molecule has 174 valence electrons. The summed E-state index contributed by atoms with van der Waals surface area (Å²) in [6, 6.07) is 0. The number of fused-ring (bicyclic) bond motifs is 1. The number of hydrogen-bond donors (Lipinski definition) is 1. The number of rotatable bonds is 14. The van der Waals surface area contributed by atoms with Crippen molar-refractivity contribution in [2.45, 2.75) is 98.6 Å². The Kier molecular flexibility index (Phi) is 10.0. The van der Waals surface area contributed by atoms with E-state index in [1.54, 1.807) is 4.57 Å². The lowest BCUT2D eigenvalue weighted by Gasteiger charge is -2.21. The van der Waals surface area contributed by atoms with E-state index in [9.17, 15) is 14.4 Å². The molecular formula is C23H39N5O3. The summed E-state index contributed by atoms with van der Waals surface area (Å²) in [4.78, 5) is 47.0. The number of H-pyrrole nitrogens is 1. The quantitative estimate of drug-likeness (QED) is 0.462. The summed E-state index contributed by atoms with van der Waals surface area (Å²) in [7, 11) is 0. The predicted octanol–water partition coefficient (Wildman–Crippen LogP) is 3.46. The summed E-state index contributed by atoms with van der Waals surface area (Å²) in [5.74, 6) is 0.835. The summed E-state index contributed by atoms with van der Waals surface area (Å²) >= 11 is 0. The second kappa shape index (κ2) is 12.5. The molecule has 0 aliphatic heterocycles. The Morgan fingerprint density at radius 2 is 1.55 bits per heavy atom. The van der Waals surface area contributed by atoms with Crippen LogP contribution in [-0.4, -0.2) is 43.0 Å². The van der Waals surface area contributed by atoms with Gasteiger partial charge >= 0.3 is 5.69 Å². The van der Waals surface area contributed by atoms with E-state index >= 15 is 0 Å². The number of aromatic amines is 1. The van der Waals surface area contributed by atoms with Gasteiger partial charge in [0.1, 0.15) is 5.82 Å². The lowest BCUT2D eigenvalue weighted by molar-refractivity contribution is -0.131. The molecule has 2 aromatic rings. The molecule has 1 amide bonds. The van der Waals surface area contributed by atoms with Crippen molar-refractivity contribution in [2.24, 2.45) is 0 Å². The van der Waals surface area contributed by atoms with Crippen molar-refractivity contribution in [3.8, 4) is 0 Å². The molecular weight excluding hydrogens is 394 g/mol. The summed E-state index contributed by atoms with van der Waals surface area (Å²) in [6.07, 6.45) is 7.50. The number of carbonyl (C=O) groups is 1. The smallest absolute Gasteiger partial charge is 0.330 e. The van der Waals surface area contributed by atoms with Crippen molar-refractivity contribution >= 4 is 17.1 Å². The lowest BCUT2D eigenvalue weighted by Crippen LogP contribution is -2.32. The van der Waals surface area contributed by atoms with Gasteiger partial charge in [0.25, 0.3) is 5.56 Å². The second-order valence-electron chi connectivity index (χ2n) is 8.20. The zero-order valence-electron chi connectivity index (χ0n) is 19.7. The van der Waals surface area contributed by atoms with Gasteiger partial charge in [0.2, 0.25) is 5.91 Å². The van der Waals surface area contributed by atoms with Crippen LogP contribution < -0.4 is 11.2 Å². The van der Waals surface area contributed by atoms with Crippen molar-refractivity contribution in [1.82, 2.24) is 24.0 Å². The predicted molar refractivity (Wildman–Crippen MR) is 125 cm³/mol. The molecule has 0 aliphatic rings. The molecule has 0 fully saturated rings. The first kappa shape index (κ1) is 24.9. The highest BCUT2D eigenvalue weighted by atomic mass is 16.2. The zero-order valence-corrected chi connectivity index (χ0v) is 19.7. The fourth-order valence-electron chi connectivity index (χ4n) is 3.97. The van der Waals surface area contributed by atoms with E-state index in [1.807, 2.05) is 9.47 Å². The van der Waals surface area contributed by atoms with Crippen molar-refractivity contribution in [3.05, 3.63) is 26.7 Å². The molecule has 2 aromatic heterocycles. The monoisotopic (exact) mass is 433 g/mol. The maximum absolute atomic E-state index is 12.8. The van der Waals surface area contributed by atoms with Crippen LogP contribution in [0.5, 0.6) is 0 Å². The number of amides is 1. The Morgan fingerprint density at radius 1 is 0.903 bits per heavy atom. The molecule has 0 saturated heterocycles. The molecule has 0 spiro atoms. The average molecular weight is 434 g/mol. The first-order chi connectivity index (χ1) is 15.0. The van der Waals surface area contributed by atoms with Crippen LogP contribution in [-0.2, 0) is 24.3 Å². The molecule has 2 heterocycles. The molecule has 0 bridgehead atoms. The molecule has 0 radical (unpaired) electrons. The highest BCUT2D eigenvalue weighted by Crippen LogP contribution is 2.16. The first-order valence-corrected chi connectivity index (χ1v) is 12.0. The summed E-state index contributed by atoms with van der Waals surface area (Å²) in [5, 5.41) is 0. The van der Waals surface area contributed by atoms with Gasteiger partial charge in [-0.1, -0.05) is 47.0 Å². The van der Waals surface area contributed by atoms with Crippen LogP contribution in [0.4, 0.5) is 0 Å². The highest BCUT2D eigenvalue weighted by molar-refractivity contribution is 5.76. The number of hydrogen-bond acceptors (Lipinski definition) is 4. The summed E-state index contributed by atoms with van der Waals surface area (Å²) in [5.41, 5.74) is 0.0881. The molecule has 0 atom stereocenters. The Morgan fingerprint density at radius 3 is 2.16 bits per heavy atom. The molecule has 31 heavy (non-hydrogen) atoms. The Bertz CT molecular complexity index is 950. The van der Waals surface area contributed by atoms with Crippen LogP contribution in [0.3, 0.4) is 0 Å². The average Bonchev–Trinajstić information content (AvgIpc) is 3.10. The van der Waals surface area contributed by atoms with Crippen LogP contribution in [0.1, 0.15) is 84.9 Å². The van der Waals surface area contributed by atoms with Crippen LogP contribution >= 0.6 is 0 Å². The van der Waals surface area contributed by atoms with E-state index in [4.69, 9.17) is 4.98 Å². The number of aromatic nitrogens is 4. The zero-order chi connectivity index (χ0) is 22.8. The van der Waals surface area contributed by atoms with Gasteiger partial charge in [0, 0.05) is 39.0 Å². The van der Waals surface area contributed by atoms with E-state index in [0.29, 0.717) is 42.9 Å². The second-order valence-corrected chi connectivity index (χ2v) is 8.20. The van der Waals surface area contributed by atoms with E-state index in [1.165, 1.54) is 0 Å². The molecule has 0 unspecified atom stereocenters. The van der Waals surface area contributed by atoms with Gasteiger partial charge in [0.05, 0.1) is 0 Å². The number of aryl methyl sites for hydroxylation is 3. The van der Waals surface area contributed by atoms with Crippen molar-refractivity contribution in [3.63, 3.8) is 0 Å². The molecule has 2 rings (SSSR count). The van der Waals surface area contributed by atoms with Gasteiger partial charge < -0.3 is 9.47 Å². The standard InChI is InChI=1S/C23H39N5O3/c1-5-9-11-17-27-18(12-13-19(29)26(14-7-3)15-8-4)24-21-20(27)22(30)25-23(31)28(21)16-10-6-2/h5-17H2,1-4H3,(H,25,30,31). The van der Waals surface area contributed by atoms with E-state index in [0.717, 1.165) is 58.0 Å². The lowest BCUT2D eigenvalue weighted by atomic mass is 10.2. The summed E-state index contributed by atoms with van der Waals surface area (Å²) in [6.45, 7) is 11.1. The van der Waals surface area contributed by atoms with Crippen molar-refractivity contribution in [2.75, 3.05) is 13.1 Å². The Hall–Kier alpha value is -2.38. The molecule has 0 aromatic carbocycles. The van der Waals surface area contributed by atoms with Crippen molar-refractivity contribution in [1.29, 1.82) is 0 Å². The van der Waals surface area contributed by atoms with Gasteiger partial charge in [-0.05, 0) is 25.7 Å². The third-order valence-electron chi connectivity index (χ3n) is 5.59. The van der Waals surface area contributed by atoms with Gasteiger partial charge in [-0.2, -0.15) is 0 Å². The fourth-order valence-corrected chi connectivity index (χ4v) is 3.97. The van der Waals surface area contributed by atoms with Crippen LogP contribution in [0.15, 0.2) is 9.59 Å². The molecule has 1 N–H and O–H groups in total. The van der Waals surface area contributed by atoms with Gasteiger partial charge in [0.15, 0.2) is 11.2 Å². The minimum absolute atomic E-state index is 0.119. The van der Waals surface area contributed by atoms with E-state index in [-0.39, 0.29) is 5.91 Å². The Balaban J connectivity index is 2.42. The Labute approximate surface area is 184 Å². The SMILES string of the molecule is CCCCCn1c(CCC(=O)N(CCC)CCC)nc2c1c(=O)[nH]c(=O)n2CCCC. The van der Waals surface area contributed by atoms with Gasteiger partial charge in [-0.25, -0.2) is 9.78 Å². The van der Waals surface area contributed by atoms with Gasteiger partial charge in [-0.15, -0.1) is 0 Å². The minimum Gasteiger partial charge on any atom is -0.343 e. The number of imidazole rings is 1. The summed E-state index contributed by atoms with van der Waals surface area (Å²) < 4.78 is 3.51. The van der Waals surface area contributed by atoms with Gasteiger partial charge in [-0.3, -0.25) is 19.1 Å². The number of carbonyl (C=O) groups excluding carboxylic acids is 1. The largest absolute Gasteiger partial charge is 0.343 e. The van der Waals surface area contributed by atoms with Crippen LogP contribution in [0, 0.1) is 0 Å². The topological polar surface area (TPSA) is 93.0 Å². The molecule has 0 aliphatic carbocycles. The minimum atomic E-state index is -0.413. The maximum Gasteiger partial charge on any atom is 0.330 e. The number of nitrogens with zero attached hydrogens (tertiary/aromatic N) is 4. The third-order valence-corrected chi connectivity index (χ3v) is 5.59. The number of unbranched alkanes of at least 4 members (excludes halogenated alkanes) is 3.